The second kappa shape index (κ2) is 6.13. The average molecular weight is 274 g/mol. The van der Waals surface area contributed by atoms with Gasteiger partial charge in [-0.1, -0.05) is 66.8 Å². The number of rotatable bonds is 3. The van der Waals surface area contributed by atoms with Crippen molar-refractivity contribution in [1.82, 2.24) is 0 Å². The quantitative estimate of drug-likeness (QED) is 0.639. The molecule has 3 rings (SSSR count). The van der Waals surface area contributed by atoms with Crippen molar-refractivity contribution < 1.29 is 0 Å². The van der Waals surface area contributed by atoms with Crippen LogP contribution in [0.3, 0.4) is 0 Å². The molecule has 0 nitrogen and oxygen atoms in total. The summed E-state index contributed by atoms with van der Waals surface area (Å²) in [5.41, 5.74) is 7.90. The average Bonchev–Trinajstić information content (AvgIpc) is 2.52. The van der Waals surface area contributed by atoms with Crippen LogP contribution in [-0.4, -0.2) is 0 Å². The molecule has 0 N–H and O–H groups in total. The van der Waals surface area contributed by atoms with Crippen molar-refractivity contribution >= 4 is 11.6 Å². The SMILES string of the molecule is C=C(/C=C/c1cccc(C)c1)c1ccc2c(c1)CCCC2. The first-order valence-electron chi connectivity index (χ1n) is 7.78. The minimum atomic E-state index is 1.09. The van der Waals surface area contributed by atoms with Crippen LogP contribution in [0, 0.1) is 6.92 Å². The van der Waals surface area contributed by atoms with E-state index in [-0.39, 0.29) is 0 Å². The van der Waals surface area contributed by atoms with Gasteiger partial charge in [0.25, 0.3) is 0 Å². The van der Waals surface area contributed by atoms with Crippen LogP contribution in [-0.2, 0) is 12.8 Å². The zero-order valence-corrected chi connectivity index (χ0v) is 12.7. The summed E-state index contributed by atoms with van der Waals surface area (Å²) in [7, 11) is 0. The van der Waals surface area contributed by atoms with E-state index in [2.05, 4.69) is 68.1 Å². The van der Waals surface area contributed by atoms with E-state index >= 15 is 0 Å². The van der Waals surface area contributed by atoms with Crippen molar-refractivity contribution in [2.75, 3.05) is 0 Å². The first-order valence-corrected chi connectivity index (χ1v) is 7.78. The molecule has 0 aromatic heterocycles. The van der Waals surface area contributed by atoms with Crippen molar-refractivity contribution in [3.63, 3.8) is 0 Å². The largest absolute Gasteiger partial charge is 0.0912 e. The highest BCUT2D eigenvalue weighted by Gasteiger charge is 2.09. The van der Waals surface area contributed by atoms with Gasteiger partial charge in [-0.3, -0.25) is 0 Å². The van der Waals surface area contributed by atoms with Crippen molar-refractivity contribution in [2.45, 2.75) is 32.6 Å². The summed E-state index contributed by atoms with van der Waals surface area (Å²) in [6, 6.07) is 15.4. The molecule has 1 aliphatic carbocycles. The van der Waals surface area contributed by atoms with Gasteiger partial charge in [0.15, 0.2) is 0 Å². The topological polar surface area (TPSA) is 0 Å². The van der Waals surface area contributed by atoms with Crippen LogP contribution in [0.15, 0.2) is 55.1 Å². The van der Waals surface area contributed by atoms with Crippen LogP contribution >= 0.6 is 0 Å². The minimum absolute atomic E-state index is 1.09. The molecule has 21 heavy (non-hydrogen) atoms. The Morgan fingerprint density at radius 3 is 2.62 bits per heavy atom. The Balaban J connectivity index is 1.79. The fourth-order valence-corrected chi connectivity index (χ4v) is 3.00. The summed E-state index contributed by atoms with van der Waals surface area (Å²) in [6.45, 7) is 6.35. The van der Waals surface area contributed by atoms with E-state index in [0.29, 0.717) is 0 Å². The van der Waals surface area contributed by atoms with Gasteiger partial charge in [0.1, 0.15) is 0 Å². The molecule has 0 radical (unpaired) electrons. The van der Waals surface area contributed by atoms with Crippen molar-refractivity contribution in [2.24, 2.45) is 0 Å². The maximum Gasteiger partial charge on any atom is -0.0187 e. The van der Waals surface area contributed by atoms with Gasteiger partial charge >= 0.3 is 0 Å². The van der Waals surface area contributed by atoms with Crippen LogP contribution in [0.5, 0.6) is 0 Å². The molecule has 0 spiro atoms. The lowest BCUT2D eigenvalue weighted by Crippen LogP contribution is -2.02. The molecule has 0 aliphatic heterocycles. The third-order valence-electron chi connectivity index (χ3n) is 4.24. The standard InChI is InChI=1S/C21H22/c1-16-6-5-7-18(14-16)11-10-17(2)20-13-12-19-8-3-4-9-21(19)15-20/h5-7,10-15H,2-4,8-9H2,1H3/b11-10+. The van der Waals surface area contributed by atoms with Gasteiger partial charge in [-0.05, 0) is 60.4 Å². The maximum atomic E-state index is 4.22. The number of aryl methyl sites for hydroxylation is 3. The Morgan fingerprint density at radius 2 is 1.81 bits per heavy atom. The first kappa shape index (κ1) is 13.9. The van der Waals surface area contributed by atoms with Crippen molar-refractivity contribution in [3.05, 3.63) is 82.9 Å². The zero-order chi connectivity index (χ0) is 14.7. The Bertz CT molecular complexity index is 689. The highest BCUT2D eigenvalue weighted by atomic mass is 14.1. The van der Waals surface area contributed by atoms with Gasteiger partial charge < -0.3 is 0 Å². The highest BCUT2D eigenvalue weighted by molar-refractivity contribution is 5.77. The molecule has 0 fully saturated rings. The molecule has 0 saturated heterocycles. The van der Waals surface area contributed by atoms with E-state index in [1.54, 1.807) is 0 Å². The minimum Gasteiger partial charge on any atom is -0.0912 e. The van der Waals surface area contributed by atoms with Crippen LogP contribution in [0.4, 0.5) is 0 Å². The fraction of sp³-hybridized carbons (Fsp3) is 0.238. The smallest absolute Gasteiger partial charge is 0.0187 e. The van der Waals surface area contributed by atoms with Gasteiger partial charge in [-0.2, -0.15) is 0 Å². The number of hydrogen-bond acceptors (Lipinski definition) is 0. The molecular formula is C21H22. The van der Waals surface area contributed by atoms with E-state index < -0.39 is 0 Å². The van der Waals surface area contributed by atoms with Gasteiger partial charge in [0.2, 0.25) is 0 Å². The van der Waals surface area contributed by atoms with Crippen LogP contribution in [0.25, 0.3) is 11.6 Å². The lowest BCUT2D eigenvalue weighted by molar-refractivity contribution is 0.685. The second-order valence-corrected chi connectivity index (χ2v) is 5.96. The summed E-state index contributed by atoms with van der Waals surface area (Å²) < 4.78 is 0. The van der Waals surface area contributed by atoms with E-state index in [1.165, 1.54) is 53.5 Å². The number of allylic oxidation sites excluding steroid dienone is 2. The summed E-state index contributed by atoms with van der Waals surface area (Å²) in [5, 5.41) is 0. The second-order valence-electron chi connectivity index (χ2n) is 5.96. The fourth-order valence-electron chi connectivity index (χ4n) is 3.00. The normalized spacial score (nSPS) is 14.1. The molecule has 0 amide bonds. The molecule has 1 aliphatic rings. The van der Waals surface area contributed by atoms with Crippen LogP contribution in [0.1, 0.15) is 40.7 Å². The molecule has 0 heteroatoms. The Kier molecular flexibility index (Phi) is 4.06. The van der Waals surface area contributed by atoms with Crippen molar-refractivity contribution in [3.8, 4) is 0 Å². The highest BCUT2D eigenvalue weighted by Crippen LogP contribution is 2.25. The molecule has 2 aromatic rings. The van der Waals surface area contributed by atoms with Crippen LogP contribution in [0.2, 0.25) is 0 Å². The Labute approximate surface area is 127 Å². The first-order chi connectivity index (χ1) is 10.2. The molecular weight excluding hydrogens is 252 g/mol. The van der Waals surface area contributed by atoms with Gasteiger partial charge in [-0.15, -0.1) is 0 Å². The Morgan fingerprint density at radius 1 is 1.00 bits per heavy atom. The molecule has 0 unspecified atom stereocenters. The van der Waals surface area contributed by atoms with E-state index in [4.69, 9.17) is 0 Å². The lowest BCUT2D eigenvalue weighted by Gasteiger charge is -2.16. The van der Waals surface area contributed by atoms with Gasteiger partial charge in [-0.25, -0.2) is 0 Å². The van der Waals surface area contributed by atoms with E-state index in [9.17, 15) is 0 Å². The van der Waals surface area contributed by atoms with E-state index in [1.807, 2.05) is 0 Å². The van der Waals surface area contributed by atoms with E-state index in [0.717, 1.165) is 5.57 Å². The third kappa shape index (κ3) is 3.33. The predicted octanol–water partition coefficient (Wildman–Crippen LogP) is 5.60. The van der Waals surface area contributed by atoms with Gasteiger partial charge in [0, 0.05) is 0 Å². The molecule has 106 valence electrons. The molecule has 0 saturated carbocycles. The summed E-state index contributed by atoms with van der Waals surface area (Å²) in [5.74, 6) is 0. The predicted molar refractivity (Wildman–Crippen MR) is 92.3 cm³/mol. The molecule has 0 heterocycles. The Hall–Kier alpha value is -2.08. The number of benzene rings is 2. The molecule has 2 aromatic carbocycles. The lowest BCUT2D eigenvalue weighted by atomic mass is 9.89. The van der Waals surface area contributed by atoms with Gasteiger partial charge in [0.05, 0.1) is 0 Å². The van der Waals surface area contributed by atoms with Crippen molar-refractivity contribution in [1.29, 1.82) is 0 Å². The maximum absolute atomic E-state index is 4.22. The molecule has 0 atom stereocenters. The summed E-state index contributed by atoms with van der Waals surface area (Å²) >= 11 is 0. The summed E-state index contributed by atoms with van der Waals surface area (Å²) in [6.07, 6.45) is 9.38. The number of fused-ring (bicyclic) bond motifs is 1. The van der Waals surface area contributed by atoms with Crippen LogP contribution < -0.4 is 0 Å². The number of hydrogen-bond donors (Lipinski definition) is 0. The monoisotopic (exact) mass is 274 g/mol. The summed E-state index contributed by atoms with van der Waals surface area (Å²) in [4.78, 5) is 0. The third-order valence-corrected chi connectivity index (χ3v) is 4.24. The zero-order valence-electron chi connectivity index (χ0n) is 12.7. The molecule has 0 bridgehead atoms.